The maximum Gasteiger partial charge on any atom is 0.335 e. The van der Waals surface area contributed by atoms with Crippen LogP contribution in [0.4, 0.5) is 10.1 Å². The molecular formula is C49H64Cl2FN3O12S2. The van der Waals surface area contributed by atoms with Crippen molar-refractivity contribution in [1.82, 2.24) is 9.80 Å². The number of aldehydes is 2. The highest BCUT2D eigenvalue weighted by Gasteiger charge is 2.20. The van der Waals surface area contributed by atoms with E-state index in [2.05, 4.69) is 17.0 Å². The third-order valence-electron chi connectivity index (χ3n) is 8.89. The molecule has 0 aromatic heterocycles. The van der Waals surface area contributed by atoms with Gasteiger partial charge in [-0.2, -0.15) is 16.8 Å². The first kappa shape index (κ1) is 63.6. The number of nitrogens with zero attached hydrogens (tertiary/aromatic N) is 3. The van der Waals surface area contributed by atoms with Gasteiger partial charge in [0.25, 0.3) is 0 Å². The fourth-order valence-corrected chi connectivity index (χ4v) is 6.19. The number of carbonyl (C=O) groups is 4. The summed E-state index contributed by atoms with van der Waals surface area (Å²) in [7, 11) is 7.13. The summed E-state index contributed by atoms with van der Waals surface area (Å²) < 4.78 is 66.8. The predicted molar refractivity (Wildman–Crippen MR) is 268 cm³/mol. The van der Waals surface area contributed by atoms with E-state index in [1.165, 1.54) is 17.7 Å². The molecule has 0 radical (unpaired) electrons. The van der Waals surface area contributed by atoms with Crippen LogP contribution in [0, 0.1) is 5.82 Å². The molecular weight excluding hydrogens is 977 g/mol. The van der Waals surface area contributed by atoms with Gasteiger partial charge in [-0.15, -0.1) is 0 Å². The average molecular weight is 1040 g/mol. The molecule has 0 aliphatic rings. The van der Waals surface area contributed by atoms with E-state index in [1.54, 1.807) is 32.4 Å². The zero-order chi connectivity index (χ0) is 52.6. The Kier molecular flexibility index (Phi) is 32.1. The summed E-state index contributed by atoms with van der Waals surface area (Å²) in [5.74, 6) is 0.658. The van der Waals surface area contributed by atoms with Crippen molar-refractivity contribution >= 4 is 76.5 Å². The van der Waals surface area contributed by atoms with Crippen molar-refractivity contribution in [3.63, 3.8) is 0 Å². The Morgan fingerprint density at radius 3 is 1.45 bits per heavy atom. The average Bonchev–Trinajstić information content (AvgIpc) is 3.26. The minimum absolute atomic E-state index is 0.0319. The Bertz CT molecular complexity index is 2220. The summed E-state index contributed by atoms with van der Waals surface area (Å²) in [6, 6.07) is 25.1. The molecule has 15 nitrogen and oxygen atoms in total. The Morgan fingerprint density at radius 2 is 1.03 bits per heavy atom. The van der Waals surface area contributed by atoms with E-state index >= 15 is 0 Å². The van der Waals surface area contributed by atoms with Crippen LogP contribution in [0.5, 0.6) is 11.5 Å². The van der Waals surface area contributed by atoms with E-state index in [1.807, 2.05) is 102 Å². The highest BCUT2D eigenvalue weighted by Crippen LogP contribution is 2.26. The van der Waals surface area contributed by atoms with Crippen molar-refractivity contribution < 1.29 is 59.4 Å². The molecule has 0 spiro atoms. The van der Waals surface area contributed by atoms with Crippen LogP contribution in [-0.2, 0) is 55.2 Å². The molecule has 4 rings (SSSR count). The van der Waals surface area contributed by atoms with Crippen molar-refractivity contribution in [1.29, 1.82) is 0 Å². The summed E-state index contributed by atoms with van der Waals surface area (Å²) >= 11 is 10.1. The highest BCUT2D eigenvalue weighted by atomic mass is 35.5. The van der Waals surface area contributed by atoms with Gasteiger partial charge in [0.15, 0.2) is 12.6 Å². The van der Waals surface area contributed by atoms with Gasteiger partial charge in [0, 0.05) is 40.9 Å². The number of halogens is 3. The molecule has 4 aromatic carbocycles. The number of rotatable bonds is 19. The molecule has 0 atom stereocenters. The predicted octanol–water partition coefficient (Wildman–Crippen LogP) is 8.68. The lowest BCUT2D eigenvalue weighted by Gasteiger charge is -2.29. The topological polar surface area (TPSA) is 183 Å². The first-order valence-electron chi connectivity index (χ1n) is 21.3. The van der Waals surface area contributed by atoms with E-state index in [0.29, 0.717) is 48.1 Å². The van der Waals surface area contributed by atoms with Crippen molar-refractivity contribution in [2.75, 3.05) is 65.9 Å². The monoisotopic (exact) mass is 1040 g/mol. The molecule has 0 amide bonds. The van der Waals surface area contributed by atoms with Crippen LogP contribution in [0.25, 0.3) is 0 Å². The van der Waals surface area contributed by atoms with Gasteiger partial charge in [-0.1, -0.05) is 47.5 Å². The summed E-state index contributed by atoms with van der Waals surface area (Å²) in [5.41, 5.74) is 2.80. The molecule has 4 aromatic rings. The molecule has 380 valence electrons. The number of benzene rings is 4. The fourth-order valence-electron chi connectivity index (χ4n) is 5.86. The molecule has 0 saturated carbocycles. The van der Waals surface area contributed by atoms with Crippen LogP contribution in [0.3, 0.4) is 0 Å². The number of aryl methyl sites for hydroxylation is 1. The van der Waals surface area contributed by atoms with Gasteiger partial charge in [0.2, 0.25) is 0 Å². The van der Waals surface area contributed by atoms with E-state index in [0.717, 1.165) is 60.9 Å². The quantitative estimate of drug-likeness (QED) is 0.0494. The third-order valence-corrected chi connectivity index (χ3v) is 9.36. The van der Waals surface area contributed by atoms with E-state index in [4.69, 9.17) is 59.0 Å². The van der Waals surface area contributed by atoms with Gasteiger partial charge < -0.3 is 23.8 Å². The maximum atomic E-state index is 12.5. The lowest BCUT2D eigenvalue weighted by molar-refractivity contribution is -0.156. The smallest absolute Gasteiger partial charge is 0.335 e. The number of hydrogen-bond acceptors (Lipinski definition) is 15. The molecule has 20 heteroatoms. The van der Waals surface area contributed by atoms with Gasteiger partial charge >= 0.3 is 35.1 Å². The van der Waals surface area contributed by atoms with Crippen LogP contribution in [0.15, 0.2) is 84.9 Å². The number of anilines is 1. The second-order valence-corrected chi connectivity index (χ2v) is 18.1. The van der Waals surface area contributed by atoms with Gasteiger partial charge in [0.1, 0.15) is 28.5 Å². The van der Waals surface area contributed by atoms with E-state index < -0.39 is 40.2 Å². The normalized spacial score (nSPS) is 10.5. The van der Waals surface area contributed by atoms with Crippen LogP contribution in [0.2, 0.25) is 10.0 Å². The van der Waals surface area contributed by atoms with Gasteiger partial charge in [-0.05, 0) is 153 Å². The third kappa shape index (κ3) is 30.7. The maximum absolute atomic E-state index is 12.5. The molecule has 0 unspecified atom stereocenters. The zero-order valence-corrected chi connectivity index (χ0v) is 43.9. The van der Waals surface area contributed by atoms with Crippen LogP contribution < -0.4 is 14.4 Å². The second kappa shape index (κ2) is 34.8. The number of esters is 2. The summed E-state index contributed by atoms with van der Waals surface area (Å²) in [4.78, 5) is 51.5. The number of carbonyl (C=O) groups excluding carboxylic acids is 4. The number of methoxy groups -OCH3 is 2. The Labute approximate surface area is 422 Å². The summed E-state index contributed by atoms with van der Waals surface area (Å²) in [6.45, 7) is 14.4. The molecule has 0 bridgehead atoms. The first-order chi connectivity index (χ1) is 32.5. The first-order valence-corrected chi connectivity index (χ1v) is 23.4. The largest absolute Gasteiger partial charge is 0.497 e. The van der Waals surface area contributed by atoms with Gasteiger partial charge in [-0.3, -0.25) is 29.0 Å². The Balaban J connectivity index is 0.00000105. The van der Waals surface area contributed by atoms with Crippen LogP contribution in [0.1, 0.15) is 86.2 Å². The fraction of sp³-hybridized carbons (Fsp3) is 0.429. The van der Waals surface area contributed by atoms with E-state index in [9.17, 15) is 23.6 Å². The van der Waals surface area contributed by atoms with E-state index in [-0.39, 0.29) is 24.0 Å². The lowest BCUT2D eigenvalue weighted by atomic mass is 10.1. The second-order valence-electron chi connectivity index (χ2n) is 17.0. The SMILES string of the molecule is COc1ccc(CCCCN(C)CC(=O)OC(C)(C)C)cc1.COc1ccc(CN(CCN(C)CC(=O)OC(C)(C)C)c2cc(Cl)ccc2C=O)cc1.O=Cc1ccc(Cl)cc1F.O=S=O.O=S=O. The molecule has 0 heterocycles. The standard InChI is InChI=1S/C24H31ClN2O4.C18H29NO3.C7H4ClFO.2O2S/c1-24(2,3)31-23(29)16-26(4)12-13-27(15-18-6-10-21(30-5)11-7-18)22-14-20(25)9-8-19(22)17-28;1-18(2,3)22-17(20)14-19(4)13-7-6-8-15-9-11-16(21-5)12-10-15;8-6-2-1-5(4-10)7(9)3-6;2*1-3-2/h6-11,14,17H,12-13,15-16H2,1-5H3;9-12H,6-8,13-14H2,1-5H3;1-4H;;. The zero-order valence-electron chi connectivity index (χ0n) is 40.8. The summed E-state index contributed by atoms with van der Waals surface area (Å²) in [6.07, 6.45) is 4.49. The molecule has 69 heavy (non-hydrogen) atoms. The van der Waals surface area contributed by atoms with Crippen molar-refractivity contribution in [3.8, 4) is 11.5 Å². The lowest BCUT2D eigenvalue weighted by Crippen LogP contribution is -2.38. The number of likely N-dealkylation sites (N-methyl/N-ethyl adjacent to an activating group) is 2. The van der Waals surface area contributed by atoms with Crippen LogP contribution in [-0.4, -0.2) is 123 Å². The van der Waals surface area contributed by atoms with Gasteiger partial charge in [0.05, 0.1) is 32.9 Å². The number of unbranched alkanes of at least 4 members (excludes halogenated alkanes) is 1. The van der Waals surface area contributed by atoms with Crippen LogP contribution >= 0.6 is 23.2 Å². The molecule has 0 aliphatic carbocycles. The molecule has 0 N–H and O–H groups in total. The number of ether oxygens (including phenoxy) is 4. The molecule has 0 fully saturated rings. The summed E-state index contributed by atoms with van der Waals surface area (Å²) in [5, 5.41) is 0.852. The minimum atomic E-state index is -0.750. The Hall–Kier alpha value is -5.37. The van der Waals surface area contributed by atoms with Crippen molar-refractivity contribution in [3.05, 3.63) is 123 Å². The van der Waals surface area contributed by atoms with Crippen molar-refractivity contribution in [2.24, 2.45) is 0 Å². The highest BCUT2D eigenvalue weighted by molar-refractivity contribution is 7.51. The molecule has 0 saturated heterocycles. The molecule has 0 aliphatic heterocycles. The minimum Gasteiger partial charge on any atom is -0.497 e. The van der Waals surface area contributed by atoms with Crippen molar-refractivity contribution in [2.45, 2.75) is 78.6 Å². The Morgan fingerprint density at radius 1 is 0.609 bits per heavy atom. The number of hydrogen-bond donors (Lipinski definition) is 0. The van der Waals surface area contributed by atoms with Gasteiger partial charge in [-0.25, -0.2) is 4.39 Å².